The van der Waals surface area contributed by atoms with Crippen molar-refractivity contribution in [2.75, 3.05) is 30.3 Å². The van der Waals surface area contributed by atoms with Gasteiger partial charge in [-0.3, -0.25) is 0 Å². The van der Waals surface area contributed by atoms with Crippen LogP contribution >= 0.6 is 23.5 Å². The molecule has 0 saturated carbocycles. The van der Waals surface area contributed by atoms with Crippen LogP contribution in [0, 0.1) is 5.92 Å². The normalized spacial score (nSPS) is 34.1. The SMILES string of the molecule is C[C@@H]1CNC[C@H]1c1nc(C2CSCCS2)no1. The molecule has 94 valence electrons. The molecule has 0 radical (unpaired) electrons. The third-order valence-corrected chi connectivity index (χ3v) is 6.15. The first kappa shape index (κ1) is 11.9. The van der Waals surface area contributed by atoms with Crippen molar-refractivity contribution in [1.82, 2.24) is 15.5 Å². The third-order valence-electron chi connectivity index (χ3n) is 3.40. The van der Waals surface area contributed by atoms with Gasteiger partial charge in [0, 0.05) is 23.8 Å². The second kappa shape index (κ2) is 5.20. The third kappa shape index (κ3) is 2.48. The van der Waals surface area contributed by atoms with E-state index in [0.29, 0.717) is 17.1 Å². The summed E-state index contributed by atoms with van der Waals surface area (Å²) in [6.45, 7) is 4.26. The molecule has 0 amide bonds. The lowest BCUT2D eigenvalue weighted by Gasteiger charge is -2.17. The van der Waals surface area contributed by atoms with E-state index in [4.69, 9.17) is 4.52 Å². The molecule has 0 spiro atoms. The van der Waals surface area contributed by atoms with Gasteiger partial charge >= 0.3 is 0 Å². The Kier molecular flexibility index (Phi) is 3.63. The first-order chi connectivity index (χ1) is 8.34. The molecule has 0 bridgehead atoms. The topological polar surface area (TPSA) is 51.0 Å². The Labute approximate surface area is 110 Å². The van der Waals surface area contributed by atoms with Gasteiger partial charge in [-0.25, -0.2) is 0 Å². The molecule has 3 atom stereocenters. The van der Waals surface area contributed by atoms with Crippen molar-refractivity contribution < 1.29 is 4.52 Å². The molecule has 1 aromatic heterocycles. The van der Waals surface area contributed by atoms with Gasteiger partial charge in [0.25, 0.3) is 0 Å². The number of nitrogens with one attached hydrogen (secondary N) is 1. The Balaban J connectivity index is 1.73. The molecule has 0 aromatic carbocycles. The highest BCUT2D eigenvalue weighted by Crippen LogP contribution is 2.36. The standard InChI is InChI=1S/C11H17N3OS2/c1-7-4-12-5-8(7)11-13-10(14-15-11)9-6-16-2-3-17-9/h7-9,12H,2-6H2,1H3/t7-,8-,9?/m1/s1. The predicted octanol–water partition coefficient (Wildman–Crippen LogP) is 1.91. The smallest absolute Gasteiger partial charge is 0.231 e. The van der Waals surface area contributed by atoms with Gasteiger partial charge < -0.3 is 9.84 Å². The van der Waals surface area contributed by atoms with Crippen molar-refractivity contribution in [3.05, 3.63) is 11.7 Å². The van der Waals surface area contributed by atoms with Crippen LogP contribution < -0.4 is 5.32 Å². The molecule has 6 heteroatoms. The summed E-state index contributed by atoms with van der Waals surface area (Å²) in [6, 6.07) is 0. The number of thioether (sulfide) groups is 2. The van der Waals surface area contributed by atoms with Crippen LogP contribution in [0.5, 0.6) is 0 Å². The molecule has 3 heterocycles. The van der Waals surface area contributed by atoms with Gasteiger partial charge in [0.05, 0.1) is 11.2 Å². The minimum atomic E-state index is 0.400. The fourth-order valence-corrected chi connectivity index (χ4v) is 4.90. The van der Waals surface area contributed by atoms with Gasteiger partial charge in [0.1, 0.15) is 0 Å². The molecule has 3 rings (SSSR count). The van der Waals surface area contributed by atoms with E-state index < -0.39 is 0 Å². The van der Waals surface area contributed by atoms with Crippen LogP contribution in [0.1, 0.15) is 29.8 Å². The highest BCUT2D eigenvalue weighted by atomic mass is 32.2. The molecule has 1 unspecified atom stereocenters. The second-order valence-corrected chi connectivity index (χ2v) is 7.13. The Morgan fingerprint density at radius 2 is 2.29 bits per heavy atom. The summed E-state index contributed by atoms with van der Waals surface area (Å²) in [5.41, 5.74) is 0. The summed E-state index contributed by atoms with van der Waals surface area (Å²) in [5.74, 6) is 6.28. The van der Waals surface area contributed by atoms with Crippen LogP contribution in [0.3, 0.4) is 0 Å². The van der Waals surface area contributed by atoms with E-state index in [9.17, 15) is 0 Å². The van der Waals surface area contributed by atoms with E-state index in [1.54, 1.807) is 0 Å². The van der Waals surface area contributed by atoms with Crippen molar-refractivity contribution in [1.29, 1.82) is 0 Å². The van der Waals surface area contributed by atoms with Crippen LogP contribution in [0.4, 0.5) is 0 Å². The fraction of sp³-hybridized carbons (Fsp3) is 0.818. The zero-order valence-corrected chi connectivity index (χ0v) is 11.5. The molecule has 1 aromatic rings. The number of aromatic nitrogens is 2. The van der Waals surface area contributed by atoms with Crippen molar-refractivity contribution >= 4 is 23.5 Å². The average molecular weight is 271 g/mol. The summed E-state index contributed by atoms with van der Waals surface area (Å²) < 4.78 is 5.45. The Morgan fingerprint density at radius 1 is 1.35 bits per heavy atom. The largest absolute Gasteiger partial charge is 0.339 e. The minimum absolute atomic E-state index is 0.400. The lowest BCUT2D eigenvalue weighted by molar-refractivity contribution is 0.336. The number of rotatable bonds is 2. The van der Waals surface area contributed by atoms with Gasteiger partial charge in [-0.05, 0) is 12.5 Å². The highest BCUT2D eigenvalue weighted by molar-refractivity contribution is 8.06. The van der Waals surface area contributed by atoms with E-state index >= 15 is 0 Å². The van der Waals surface area contributed by atoms with E-state index in [-0.39, 0.29) is 0 Å². The zero-order valence-electron chi connectivity index (χ0n) is 9.89. The first-order valence-corrected chi connectivity index (χ1v) is 8.28. The molecular formula is C11H17N3OS2. The maximum Gasteiger partial charge on any atom is 0.231 e. The molecule has 2 saturated heterocycles. The van der Waals surface area contributed by atoms with Gasteiger partial charge in [0.15, 0.2) is 5.82 Å². The van der Waals surface area contributed by atoms with Gasteiger partial charge in [-0.15, -0.1) is 11.8 Å². The monoisotopic (exact) mass is 271 g/mol. The molecule has 0 aliphatic carbocycles. The average Bonchev–Trinajstić information content (AvgIpc) is 2.98. The van der Waals surface area contributed by atoms with Crippen LogP contribution in [0.15, 0.2) is 4.52 Å². The summed E-state index contributed by atoms with van der Waals surface area (Å²) >= 11 is 3.94. The lowest BCUT2D eigenvalue weighted by Crippen LogP contribution is -2.10. The molecule has 4 nitrogen and oxygen atoms in total. The lowest BCUT2D eigenvalue weighted by atomic mass is 9.98. The molecule has 1 N–H and O–H groups in total. The second-order valence-electron chi connectivity index (χ2n) is 4.67. The zero-order chi connectivity index (χ0) is 11.7. The molecule has 2 fully saturated rings. The van der Waals surface area contributed by atoms with Crippen molar-refractivity contribution in [3.63, 3.8) is 0 Å². The maximum atomic E-state index is 5.45. The van der Waals surface area contributed by atoms with Crippen LogP contribution in [0.2, 0.25) is 0 Å². The van der Waals surface area contributed by atoms with E-state index in [1.165, 1.54) is 11.5 Å². The minimum Gasteiger partial charge on any atom is -0.339 e. The van der Waals surface area contributed by atoms with E-state index in [2.05, 4.69) is 22.4 Å². The summed E-state index contributed by atoms with van der Waals surface area (Å²) in [5, 5.41) is 7.97. The quantitative estimate of drug-likeness (QED) is 0.887. The Hall–Kier alpha value is -0.200. The number of nitrogens with zero attached hydrogens (tertiary/aromatic N) is 2. The van der Waals surface area contributed by atoms with Crippen molar-refractivity contribution in [2.45, 2.75) is 18.1 Å². The molecule has 2 aliphatic heterocycles. The van der Waals surface area contributed by atoms with Crippen molar-refractivity contribution in [3.8, 4) is 0 Å². The van der Waals surface area contributed by atoms with E-state index in [1.807, 2.05) is 23.5 Å². The number of hydrogen-bond acceptors (Lipinski definition) is 6. The predicted molar refractivity (Wildman–Crippen MR) is 71.6 cm³/mol. The summed E-state index contributed by atoms with van der Waals surface area (Å²) in [6.07, 6.45) is 0. The number of hydrogen-bond donors (Lipinski definition) is 1. The fourth-order valence-electron chi connectivity index (χ4n) is 2.31. The summed E-state index contributed by atoms with van der Waals surface area (Å²) in [7, 11) is 0. The van der Waals surface area contributed by atoms with Crippen LogP contribution in [-0.2, 0) is 0 Å². The van der Waals surface area contributed by atoms with Crippen LogP contribution in [-0.4, -0.2) is 40.5 Å². The highest BCUT2D eigenvalue weighted by Gasteiger charge is 2.31. The molecule has 17 heavy (non-hydrogen) atoms. The summed E-state index contributed by atoms with van der Waals surface area (Å²) in [4.78, 5) is 4.61. The van der Waals surface area contributed by atoms with Crippen LogP contribution in [0.25, 0.3) is 0 Å². The van der Waals surface area contributed by atoms with Crippen molar-refractivity contribution in [2.24, 2.45) is 5.92 Å². The van der Waals surface area contributed by atoms with E-state index in [0.717, 1.165) is 30.6 Å². The molecule has 2 aliphatic rings. The van der Waals surface area contributed by atoms with Gasteiger partial charge in [-0.1, -0.05) is 12.1 Å². The Bertz CT molecular complexity index is 379. The maximum absolute atomic E-state index is 5.45. The first-order valence-electron chi connectivity index (χ1n) is 6.08. The Morgan fingerprint density at radius 3 is 3.00 bits per heavy atom. The molecular weight excluding hydrogens is 254 g/mol. The van der Waals surface area contributed by atoms with Gasteiger partial charge in [-0.2, -0.15) is 16.7 Å². The van der Waals surface area contributed by atoms with Gasteiger partial charge in [0.2, 0.25) is 5.89 Å².